The van der Waals surface area contributed by atoms with Crippen LogP contribution in [0.25, 0.3) is 0 Å². The maximum Gasteiger partial charge on any atom is 0.406 e. The number of rotatable bonds is 8. The maximum atomic E-state index is 12.8. The minimum Gasteiger partial charge on any atom is -0.469 e. The highest BCUT2D eigenvalue weighted by Gasteiger charge is 2.47. The molecule has 2 N–H and O–H groups in total. The van der Waals surface area contributed by atoms with Crippen molar-refractivity contribution in [2.45, 2.75) is 39.2 Å². The molecule has 0 aromatic rings. The van der Waals surface area contributed by atoms with Crippen LogP contribution in [0.5, 0.6) is 0 Å². The van der Waals surface area contributed by atoms with Crippen LogP contribution in [0.4, 0.5) is 0 Å². The number of amides is 1. The molecule has 1 unspecified atom stereocenters. The molecule has 0 radical (unpaired) electrons. The van der Waals surface area contributed by atoms with E-state index in [1.165, 1.54) is 20.0 Å². The molecule has 0 aromatic heterocycles. The van der Waals surface area contributed by atoms with Crippen LogP contribution in [0.3, 0.4) is 0 Å². The first-order valence-electron chi connectivity index (χ1n) is 9.01. The van der Waals surface area contributed by atoms with Crippen molar-refractivity contribution in [2.24, 2.45) is 5.41 Å². The molecular formula is C16H30N3O6P. The smallest absolute Gasteiger partial charge is 0.406 e. The Morgan fingerprint density at radius 3 is 2.62 bits per heavy atom. The Kier molecular flexibility index (Phi) is 7.61. The highest BCUT2D eigenvalue weighted by atomic mass is 31.2. The molecule has 2 heterocycles. The number of carbonyl (C=O) groups excluding carboxylic acids is 2. The Hall–Kier alpha value is -0.990. The van der Waals surface area contributed by atoms with Crippen LogP contribution in [0.15, 0.2) is 0 Å². The van der Waals surface area contributed by atoms with Gasteiger partial charge in [-0.05, 0) is 25.9 Å². The lowest BCUT2D eigenvalue weighted by Gasteiger charge is -2.40. The fraction of sp³-hybridized carbons (Fsp3) is 0.875. The van der Waals surface area contributed by atoms with Crippen molar-refractivity contribution in [3.8, 4) is 0 Å². The van der Waals surface area contributed by atoms with Crippen molar-refractivity contribution in [3.05, 3.63) is 0 Å². The molecule has 0 aliphatic carbocycles. The minimum atomic E-state index is -3.55. The van der Waals surface area contributed by atoms with Crippen LogP contribution >= 0.6 is 7.75 Å². The van der Waals surface area contributed by atoms with Gasteiger partial charge in [0.05, 0.1) is 20.1 Å². The predicted octanol–water partition coefficient (Wildman–Crippen LogP) is 0.901. The number of nitrogens with one attached hydrogen (secondary N) is 2. The zero-order valence-electron chi connectivity index (χ0n) is 15.8. The summed E-state index contributed by atoms with van der Waals surface area (Å²) in [4.78, 5) is 25.9. The number of nitrogens with zero attached hydrogens (tertiary/aromatic N) is 1. The third-order valence-electron chi connectivity index (χ3n) is 4.59. The van der Waals surface area contributed by atoms with E-state index in [0.29, 0.717) is 6.54 Å². The van der Waals surface area contributed by atoms with Gasteiger partial charge in [-0.1, -0.05) is 13.8 Å². The molecule has 2 fully saturated rings. The molecule has 26 heavy (non-hydrogen) atoms. The first kappa shape index (κ1) is 21.3. The van der Waals surface area contributed by atoms with E-state index in [1.54, 1.807) is 0 Å². The second-order valence-electron chi connectivity index (χ2n) is 7.32. The summed E-state index contributed by atoms with van der Waals surface area (Å²) in [5.74, 6) is -0.824. The molecule has 0 aromatic carbocycles. The summed E-state index contributed by atoms with van der Waals surface area (Å²) in [6.07, 6.45) is 1.51. The van der Waals surface area contributed by atoms with Gasteiger partial charge >= 0.3 is 13.7 Å². The molecule has 2 saturated heterocycles. The number of ether oxygens (including phenoxy) is 1. The van der Waals surface area contributed by atoms with Crippen molar-refractivity contribution in [1.29, 1.82) is 0 Å². The zero-order chi connectivity index (χ0) is 19.2. The average molecular weight is 391 g/mol. The third-order valence-corrected chi connectivity index (χ3v) is 6.16. The molecule has 2 aliphatic heterocycles. The summed E-state index contributed by atoms with van der Waals surface area (Å²) in [5, 5.41) is 5.48. The standard InChI is InChI=1S/C16H30N3O6P/c1-16(2)12-24-26(22,18-8-11-19-9-4-5-10-19)25-14(16)15(21)17-7-6-13(20)23-3/h14H,4-12H2,1-3H3,(H,17,21)(H,18,22)/t14-,26?/m0/s1. The van der Waals surface area contributed by atoms with Gasteiger partial charge in [-0.3, -0.25) is 18.6 Å². The van der Waals surface area contributed by atoms with Gasteiger partial charge in [-0.25, -0.2) is 9.65 Å². The fourth-order valence-electron chi connectivity index (χ4n) is 2.96. The van der Waals surface area contributed by atoms with Gasteiger partial charge in [0.15, 0.2) is 6.10 Å². The van der Waals surface area contributed by atoms with Crippen molar-refractivity contribution in [3.63, 3.8) is 0 Å². The Morgan fingerprint density at radius 1 is 1.27 bits per heavy atom. The topological polar surface area (TPSA) is 106 Å². The predicted molar refractivity (Wildman–Crippen MR) is 95.5 cm³/mol. The normalized spacial score (nSPS) is 28.7. The first-order chi connectivity index (χ1) is 12.3. The number of likely N-dealkylation sites (tertiary alicyclic amines) is 1. The summed E-state index contributed by atoms with van der Waals surface area (Å²) in [5.41, 5.74) is -0.639. The minimum absolute atomic E-state index is 0.0671. The average Bonchev–Trinajstić information content (AvgIpc) is 3.10. The number of hydrogen-bond acceptors (Lipinski definition) is 7. The lowest BCUT2D eigenvalue weighted by atomic mass is 9.87. The number of methoxy groups -OCH3 is 1. The van der Waals surface area contributed by atoms with Crippen molar-refractivity contribution in [1.82, 2.24) is 15.3 Å². The Bertz CT molecular complexity index is 550. The van der Waals surface area contributed by atoms with Crippen molar-refractivity contribution >= 4 is 19.6 Å². The molecule has 10 heteroatoms. The Morgan fingerprint density at radius 2 is 1.96 bits per heavy atom. The van der Waals surface area contributed by atoms with Crippen LogP contribution in [0.2, 0.25) is 0 Å². The van der Waals surface area contributed by atoms with E-state index >= 15 is 0 Å². The molecule has 0 spiro atoms. The SMILES string of the molecule is COC(=O)CCNC(=O)[C@@H]1OP(=O)(NCCN2CCCC2)OCC1(C)C. The van der Waals surface area contributed by atoms with E-state index in [2.05, 4.69) is 20.0 Å². The Balaban J connectivity index is 1.86. The second kappa shape index (κ2) is 9.28. The molecule has 1 amide bonds. The fourth-order valence-corrected chi connectivity index (χ4v) is 4.72. The van der Waals surface area contributed by atoms with Crippen molar-refractivity contribution in [2.75, 3.05) is 46.4 Å². The van der Waals surface area contributed by atoms with E-state index in [0.717, 1.165) is 19.6 Å². The summed E-state index contributed by atoms with van der Waals surface area (Å²) in [6.45, 7) is 7.21. The largest absolute Gasteiger partial charge is 0.469 e. The summed E-state index contributed by atoms with van der Waals surface area (Å²) < 4.78 is 28.4. The molecule has 0 saturated carbocycles. The lowest BCUT2D eigenvalue weighted by Crippen LogP contribution is -2.51. The van der Waals surface area contributed by atoms with Gasteiger partial charge in [0, 0.05) is 25.0 Å². The number of hydrogen-bond donors (Lipinski definition) is 2. The highest BCUT2D eigenvalue weighted by Crippen LogP contribution is 2.53. The van der Waals surface area contributed by atoms with E-state index < -0.39 is 31.1 Å². The van der Waals surface area contributed by atoms with Crippen LogP contribution in [0.1, 0.15) is 33.1 Å². The number of carbonyl (C=O) groups is 2. The van der Waals surface area contributed by atoms with Crippen LogP contribution in [-0.4, -0.2) is 69.3 Å². The molecule has 150 valence electrons. The van der Waals surface area contributed by atoms with Crippen LogP contribution in [0, 0.1) is 5.41 Å². The monoisotopic (exact) mass is 391 g/mol. The quantitative estimate of drug-likeness (QED) is 0.464. The molecular weight excluding hydrogens is 361 g/mol. The van der Waals surface area contributed by atoms with Gasteiger partial charge < -0.3 is 15.0 Å². The Labute approximate surface area is 154 Å². The highest BCUT2D eigenvalue weighted by molar-refractivity contribution is 7.51. The zero-order valence-corrected chi connectivity index (χ0v) is 16.7. The van der Waals surface area contributed by atoms with E-state index in [1.807, 2.05) is 13.8 Å². The van der Waals surface area contributed by atoms with Gasteiger partial charge in [-0.2, -0.15) is 0 Å². The van der Waals surface area contributed by atoms with Gasteiger partial charge in [0.1, 0.15) is 0 Å². The molecule has 0 bridgehead atoms. The molecule has 2 rings (SSSR count). The summed E-state index contributed by atoms with van der Waals surface area (Å²) in [6, 6.07) is 0. The third kappa shape index (κ3) is 6.03. The van der Waals surface area contributed by atoms with Crippen LogP contribution < -0.4 is 10.4 Å². The van der Waals surface area contributed by atoms with Gasteiger partial charge in [0.25, 0.3) is 0 Å². The van der Waals surface area contributed by atoms with Crippen LogP contribution in [-0.2, 0) is 27.9 Å². The van der Waals surface area contributed by atoms with Gasteiger partial charge in [0.2, 0.25) is 5.91 Å². The van der Waals surface area contributed by atoms with E-state index in [9.17, 15) is 14.2 Å². The summed E-state index contributed by atoms with van der Waals surface area (Å²) in [7, 11) is -2.26. The first-order valence-corrected chi connectivity index (χ1v) is 10.5. The molecule has 2 atom stereocenters. The van der Waals surface area contributed by atoms with Crippen molar-refractivity contribution < 1.29 is 27.9 Å². The maximum absolute atomic E-state index is 12.8. The van der Waals surface area contributed by atoms with Gasteiger partial charge in [-0.15, -0.1) is 0 Å². The lowest BCUT2D eigenvalue weighted by molar-refractivity contribution is -0.141. The molecule has 9 nitrogen and oxygen atoms in total. The second-order valence-corrected chi connectivity index (χ2v) is 9.10. The number of esters is 1. The summed E-state index contributed by atoms with van der Waals surface area (Å²) >= 11 is 0. The van der Waals surface area contributed by atoms with E-state index in [-0.39, 0.29) is 19.6 Å². The van der Waals surface area contributed by atoms with E-state index in [4.69, 9.17) is 9.05 Å². The molecule has 2 aliphatic rings.